The molecular weight excluding hydrogens is 356 g/mol. The minimum Gasteiger partial charge on any atom is -0.459 e. The molecule has 0 spiro atoms. The second kappa shape index (κ2) is 8.00. The van der Waals surface area contributed by atoms with Gasteiger partial charge in [0.2, 0.25) is 0 Å². The zero-order valence-electron chi connectivity index (χ0n) is 15.3. The van der Waals surface area contributed by atoms with Gasteiger partial charge in [-0.15, -0.1) is 0 Å². The number of rotatable bonds is 4. The Labute approximate surface area is 162 Å². The molecule has 0 saturated heterocycles. The number of carbonyl (C=O) groups is 2. The summed E-state index contributed by atoms with van der Waals surface area (Å²) in [7, 11) is 0. The average molecular weight is 376 g/mol. The van der Waals surface area contributed by atoms with E-state index in [0.29, 0.717) is 24.5 Å². The largest absolute Gasteiger partial charge is 0.459 e. The molecular formula is C22H20N2O4. The fourth-order valence-electron chi connectivity index (χ4n) is 3.24. The fraction of sp³-hybridized carbons (Fsp3) is 0.182. The first kappa shape index (κ1) is 17.9. The molecule has 0 bridgehead atoms. The van der Waals surface area contributed by atoms with Crippen molar-refractivity contribution in [3.8, 4) is 0 Å². The predicted molar refractivity (Wildman–Crippen MR) is 104 cm³/mol. The van der Waals surface area contributed by atoms with Gasteiger partial charge in [0.05, 0.1) is 6.26 Å². The van der Waals surface area contributed by atoms with E-state index in [0.717, 1.165) is 17.5 Å². The lowest BCUT2D eigenvalue weighted by Gasteiger charge is -2.28. The van der Waals surface area contributed by atoms with Crippen LogP contribution >= 0.6 is 0 Å². The Morgan fingerprint density at radius 2 is 1.89 bits per heavy atom. The molecule has 6 heteroatoms. The minimum absolute atomic E-state index is 0.128. The van der Waals surface area contributed by atoms with Crippen LogP contribution in [0.5, 0.6) is 0 Å². The molecule has 1 aliphatic heterocycles. The van der Waals surface area contributed by atoms with E-state index >= 15 is 0 Å². The summed E-state index contributed by atoms with van der Waals surface area (Å²) in [5.41, 5.74) is 3.75. The molecule has 28 heavy (non-hydrogen) atoms. The summed E-state index contributed by atoms with van der Waals surface area (Å²) in [6, 6.07) is 18.6. The molecule has 0 saturated carbocycles. The van der Waals surface area contributed by atoms with Gasteiger partial charge in [-0.05, 0) is 47.4 Å². The van der Waals surface area contributed by atoms with Gasteiger partial charge < -0.3 is 14.1 Å². The van der Waals surface area contributed by atoms with Crippen molar-refractivity contribution in [2.24, 2.45) is 0 Å². The van der Waals surface area contributed by atoms with E-state index in [-0.39, 0.29) is 12.5 Å². The van der Waals surface area contributed by atoms with Crippen LogP contribution in [0.3, 0.4) is 0 Å². The number of hydrogen-bond acceptors (Lipinski definition) is 4. The van der Waals surface area contributed by atoms with Crippen LogP contribution in [0, 0.1) is 0 Å². The number of amides is 2. The predicted octanol–water partition coefficient (Wildman–Crippen LogP) is 4.23. The summed E-state index contributed by atoms with van der Waals surface area (Å²) in [6.07, 6.45) is 1.75. The van der Waals surface area contributed by atoms with Gasteiger partial charge in [-0.25, -0.2) is 4.79 Å². The zero-order valence-corrected chi connectivity index (χ0v) is 15.3. The minimum atomic E-state index is -0.511. The fourth-order valence-corrected chi connectivity index (χ4v) is 3.24. The van der Waals surface area contributed by atoms with Crippen molar-refractivity contribution >= 4 is 17.7 Å². The van der Waals surface area contributed by atoms with E-state index in [4.69, 9.17) is 9.15 Å². The molecule has 4 rings (SSSR count). The highest BCUT2D eigenvalue weighted by Gasteiger charge is 2.23. The lowest BCUT2D eigenvalue weighted by atomic mass is 9.99. The molecule has 1 aromatic heterocycles. The zero-order chi connectivity index (χ0) is 19.3. The Morgan fingerprint density at radius 1 is 1.04 bits per heavy atom. The number of nitrogens with one attached hydrogen (secondary N) is 1. The van der Waals surface area contributed by atoms with E-state index in [1.807, 2.05) is 48.5 Å². The van der Waals surface area contributed by atoms with Crippen LogP contribution in [-0.2, 0) is 24.3 Å². The number of anilines is 1. The topological polar surface area (TPSA) is 71.8 Å². The van der Waals surface area contributed by atoms with Gasteiger partial charge in [0.25, 0.3) is 5.91 Å². The van der Waals surface area contributed by atoms with Gasteiger partial charge in [0.1, 0.15) is 6.61 Å². The van der Waals surface area contributed by atoms with E-state index in [9.17, 15) is 9.59 Å². The smallest absolute Gasteiger partial charge is 0.411 e. The number of benzene rings is 2. The molecule has 0 aliphatic carbocycles. The molecule has 6 nitrogen and oxygen atoms in total. The first-order valence-electron chi connectivity index (χ1n) is 9.11. The summed E-state index contributed by atoms with van der Waals surface area (Å²) < 4.78 is 10.5. The van der Waals surface area contributed by atoms with Crippen molar-refractivity contribution in [1.29, 1.82) is 0 Å². The van der Waals surface area contributed by atoms with E-state index in [1.54, 1.807) is 17.0 Å². The summed E-state index contributed by atoms with van der Waals surface area (Å²) in [6.45, 7) is 1.32. The van der Waals surface area contributed by atoms with Gasteiger partial charge in [-0.2, -0.15) is 0 Å². The second-order valence-corrected chi connectivity index (χ2v) is 6.62. The first-order chi connectivity index (χ1) is 13.7. The molecule has 0 unspecified atom stereocenters. The third kappa shape index (κ3) is 4.06. The number of hydrogen-bond donors (Lipinski definition) is 1. The Hall–Kier alpha value is -3.54. The van der Waals surface area contributed by atoms with Crippen molar-refractivity contribution in [2.75, 3.05) is 11.9 Å². The maximum absolute atomic E-state index is 12.5. The molecule has 1 aliphatic rings. The quantitative estimate of drug-likeness (QED) is 0.740. The standard InChI is InChI=1S/C22H20N2O4/c25-21(20-7-4-12-27-20)24-11-10-17-8-9-19(13-18(17)14-24)23-22(26)28-15-16-5-2-1-3-6-16/h1-9,12-13H,10-11,14-15H2,(H,23,26). The van der Waals surface area contributed by atoms with Crippen LogP contribution in [0.4, 0.5) is 10.5 Å². The number of furan rings is 1. The average Bonchev–Trinajstić information content (AvgIpc) is 3.27. The van der Waals surface area contributed by atoms with E-state index in [2.05, 4.69) is 5.32 Å². The lowest BCUT2D eigenvalue weighted by Crippen LogP contribution is -2.35. The molecule has 2 amide bonds. The van der Waals surface area contributed by atoms with Crippen molar-refractivity contribution in [3.63, 3.8) is 0 Å². The number of nitrogens with zero attached hydrogens (tertiary/aromatic N) is 1. The monoisotopic (exact) mass is 376 g/mol. The molecule has 142 valence electrons. The molecule has 0 fully saturated rings. The molecule has 0 atom stereocenters. The lowest BCUT2D eigenvalue weighted by molar-refractivity contribution is 0.0702. The summed E-state index contributed by atoms with van der Waals surface area (Å²) in [5.74, 6) is 0.207. The maximum atomic E-state index is 12.5. The number of ether oxygens (including phenoxy) is 1. The third-order valence-corrected chi connectivity index (χ3v) is 4.70. The Morgan fingerprint density at radius 3 is 2.68 bits per heavy atom. The van der Waals surface area contributed by atoms with Crippen LogP contribution in [0.1, 0.15) is 27.2 Å². The summed E-state index contributed by atoms with van der Waals surface area (Å²) in [5, 5.41) is 2.75. The van der Waals surface area contributed by atoms with E-state index < -0.39 is 6.09 Å². The van der Waals surface area contributed by atoms with Crippen LogP contribution < -0.4 is 5.32 Å². The van der Waals surface area contributed by atoms with Gasteiger partial charge in [-0.3, -0.25) is 10.1 Å². The Balaban J connectivity index is 1.39. The normalized spacial score (nSPS) is 12.9. The summed E-state index contributed by atoms with van der Waals surface area (Å²) in [4.78, 5) is 26.3. The highest BCUT2D eigenvalue weighted by Crippen LogP contribution is 2.24. The Bertz CT molecular complexity index is 967. The van der Waals surface area contributed by atoms with Crippen molar-refractivity contribution in [3.05, 3.63) is 89.4 Å². The first-order valence-corrected chi connectivity index (χ1v) is 9.11. The highest BCUT2D eigenvalue weighted by atomic mass is 16.5. The Kier molecular flexibility index (Phi) is 5.10. The maximum Gasteiger partial charge on any atom is 0.411 e. The van der Waals surface area contributed by atoms with Crippen LogP contribution in [0.2, 0.25) is 0 Å². The number of fused-ring (bicyclic) bond motifs is 1. The van der Waals surface area contributed by atoms with Crippen LogP contribution in [0.25, 0.3) is 0 Å². The summed E-state index contributed by atoms with van der Waals surface area (Å²) >= 11 is 0. The highest BCUT2D eigenvalue weighted by molar-refractivity contribution is 5.91. The van der Waals surface area contributed by atoms with Crippen LogP contribution in [-0.4, -0.2) is 23.4 Å². The molecule has 0 radical (unpaired) electrons. The molecule has 3 aromatic rings. The van der Waals surface area contributed by atoms with E-state index in [1.165, 1.54) is 11.8 Å². The van der Waals surface area contributed by atoms with Crippen LogP contribution in [0.15, 0.2) is 71.3 Å². The molecule has 1 N–H and O–H groups in total. The van der Waals surface area contributed by atoms with Gasteiger partial charge in [0, 0.05) is 18.8 Å². The van der Waals surface area contributed by atoms with Crippen molar-refractivity contribution < 1.29 is 18.7 Å². The molecule has 2 aromatic carbocycles. The van der Waals surface area contributed by atoms with Crippen molar-refractivity contribution in [1.82, 2.24) is 4.90 Å². The second-order valence-electron chi connectivity index (χ2n) is 6.62. The third-order valence-electron chi connectivity index (χ3n) is 4.70. The molecule has 2 heterocycles. The number of carbonyl (C=O) groups excluding carboxylic acids is 2. The van der Waals surface area contributed by atoms with Gasteiger partial charge in [0.15, 0.2) is 5.76 Å². The van der Waals surface area contributed by atoms with Crippen molar-refractivity contribution in [2.45, 2.75) is 19.6 Å². The SMILES string of the molecule is O=C(Nc1ccc2c(c1)CN(C(=O)c1ccco1)CC2)OCc1ccccc1. The van der Waals surface area contributed by atoms with Gasteiger partial charge >= 0.3 is 6.09 Å². The van der Waals surface area contributed by atoms with Gasteiger partial charge in [-0.1, -0.05) is 36.4 Å².